The SMILES string of the molecule is Cc1ccc(NC(=O)c2nn(-c3ccccc3)c(=O)c3ccccc23)cc1. The molecule has 27 heavy (non-hydrogen) atoms. The molecule has 0 bridgehead atoms. The van der Waals surface area contributed by atoms with Crippen LogP contribution in [-0.4, -0.2) is 15.7 Å². The number of nitrogens with one attached hydrogen (secondary N) is 1. The Morgan fingerprint density at radius 3 is 2.19 bits per heavy atom. The van der Waals surface area contributed by atoms with Gasteiger partial charge in [0, 0.05) is 11.1 Å². The monoisotopic (exact) mass is 355 g/mol. The van der Waals surface area contributed by atoms with Crippen LogP contribution in [0.4, 0.5) is 5.69 Å². The highest BCUT2D eigenvalue weighted by molar-refractivity contribution is 6.11. The minimum atomic E-state index is -0.361. The molecule has 0 unspecified atom stereocenters. The van der Waals surface area contributed by atoms with Crippen molar-refractivity contribution in [1.29, 1.82) is 0 Å². The van der Waals surface area contributed by atoms with Crippen molar-refractivity contribution < 1.29 is 4.79 Å². The van der Waals surface area contributed by atoms with E-state index in [1.165, 1.54) is 4.68 Å². The van der Waals surface area contributed by atoms with Crippen LogP contribution in [0.15, 0.2) is 83.7 Å². The number of aromatic nitrogens is 2. The van der Waals surface area contributed by atoms with Crippen molar-refractivity contribution in [2.45, 2.75) is 6.92 Å². The van der Waals surface area contributed by atoms with Gasteiger partial charge < -0.3 is 5.32 Å². The fourth-order valence-electron chi connectivity index (χ4n) is 2.93. The number of aryl methyl sites for hydroxylation is 1. The summed E-state index contributed by atoms with van der Waals surface area (Å²) in [7, 11) is 0. The molecular formula is C22H17N3O2. The van der Waals surface area contributed by atoms with E-state index in [4.69, 9.17) is 0 Å². The highest BCUT2D eigenvalue weighted by Crippen LogP contribution is 2.17. The maximum Gasteiger partial charge on any atom is 0.279 e. The van der Waals surface area contributed by atoms with Crippen LogP contribution >= 0.6 is 0 Å². The Hall–Kier alpha value is -3.73. The molecule has 4 aromatic rings. The third-order valence-corrected chi connectivity index (χ3v) is 4.33. The average Bonchev–Trinajstić information content (AvgIpc) is 2.71. The molecule has 0 aliphatic heterocycles. The number of carbonyl (C=O) groups is 1. The van der Waals surface area contributed by atoms with Crippen molar-refractivity contribution in [3.63, 3.8) is 0 Å². The lowest BCUT2D eigenvalue weighted by molar-refractivity contribution is 0.102. The van der Waals surface area contributed by atoms with Gasteiger partial charge in [0.25, 0.3) is 11.5 Å². The van der Waals surface area contributed by atoms with Gasteiger partial charge in [-0.05, 0) is 37.3 Å². The van der Waals surface area contributed by atoms with Crippen LogP contribution in [0, 0.1) is 6.92 Å². The second-order valence-electron chi connectivity index (χ2n) is 6.27. The van der Waals surface area contributed by atoms with Crippen LogP contribution in [0.3, 0.4) is 0 Å². The van der Waals surface area contributed by atoms with Gasteiger partial charge in [0.2, 0.25) is 0 Å². The lowest BCUT2D eigenvalue weighted by atomic mass is 10.1. The normalized spacial score (nSPS) is 10.7. The van der Waals surface area contributed by atoms with Crippen molar-refractivity contribution in [3.05, 3.63) is 100 Å². The van der Waals surface area contributed by atoms with E-state index in [9.17, 15) is 9.59 Å². The van der Waals surface area contributed by atoms with E-state index in [1.54, 1.807) is 36.4 Å². The number of fused-ring (bicyclic) bond motifs is 1. The second kappa shape index (κ2) is 6.88. The molecule has 1 amide bonds. The Morgan fingerprint density at radius 1 is 0.852 bits per heavy atom. The van der Waals surface area contributed by atoms with Crippen LogP contribution in [0.2, 0.25) is 0 Å². The first-order valence-electron chi connectivity index (χ1n) is 8.59. The number of anilines is 1. The third-order valence-electron chi connectivity index (χ3n) is 4.33. The Bertz CT molecular complexity index is 1180. The van der Waals surface area contributed by atoms with E-state index < -0.39 is 0 Å². The van der Waals surface area contributed by atoms with E-state index in [1.807, 2.05) is 49.4 Å². The molecule has 0 aliphatic rings. The van der Waals surface area contributed by atoms with Crippen LogP contribution in [-0.2, 0) is 0 Å². The molecule has 0 fully saturated rings. The Labute approximate surface area is 155 Å². The molecule has 0 radical (unpaired) electrons. The lowest BCUT2D eigenvalue weighted by Gasteiger charge is -2.11. The Balaban J connectivity index is 1.86. The Kier molecular flexibility index (Phi) is 4.26. The summed E-state index contributed by atoms with van der Waals surface area (Å²) in [5, 5.41) is 8.21. The van der Waals surface area contributed by atoms with E-state index in [2.05, 4.69) is 10.4 Å². The zero-order valence-corrected chi connectivity index (χ0v) is 14.7. The zero-order valence-electron chi connectivity index (χ0n) is 14.7. The summed E-state index contributed by atoms with van der Waals surface area (Å²) < 4.78 is 1.27. The molecule has 0 atom stereocenters. The average molecular weight is 355 g/mol. The van der Waals surface area contributed by atoms with Crippen LogP contribution in [0.1, 0.15) is 16.1 Å². The first-order valence-corrected chi connectivity index (χ1v) is 8.59. The second-order valence-corrected chi connectivity index (χ2v) is 6.27. The van der Waals surface area contributed by atoms with Gasteiger partial charge in [0.05, 0.1) is 11.1 Å². The molecule has 1 aromatic heterocycles. The standard InChI is InChI=1S/C22H17N3O2/c1-15-11-13-16(14-12-15)23-21(26)20-18-9-5-6-10-19(18)22(27)25(24-20)17-7-3-2-4-8-17/h2-14H,1H3,(H,23,26). The molecule has 5 nitrogen and oxygen atoms in total. The number of hydrogen-bond donors (Lipinski definition) is 1. The smallest absolute Gasteiger partial charge is 0.279 e. The highest BCUT2D eigenvalue weighted by atomic mass is 16.2. The van der Waals surface area contributed by atoms with Crippen LogP contribution in [0.25, 0.3) is 16.5 Å². The number of amides is 1. The van der Waals surface area contributed by atoms with Crippen molar-refractivity contribution in [3.8, 4) is 5.69 Å². The summed E-state index contributed by atoms with van der Waals surface area (Å²) in [6.07, 6.45) is 0. The minimum absolute atomic E-state index is 0.203. The third kappa shape index (κ3) is 3.22. The molecule has 1 N–H and O–H groups in total. The molecular weight excluding hydrogens is 338 g/mol. The summed E-state index contributed by atoms with van der Waals surface area (Å²) in [5.74, 6) is -0.361. The van der Waals surface area contributed by atoms with Gasteiger partial charge in [-0.3, -0.25) is 9.59 Å². The molecule has 4 rings (SSSR count). The quantitative estimate of drug-likeness (QED) is 0.605. The summed E-state index contributed by atoms with van der Waals surface area (Å²) in [4.78, 5) is 25.8. The van der Waals surface area contributed by atoms with Gasteiger partial charge in [-0.2, -0.15) is 9.78 Å². The number of para-hydroxylation sites is 1. The summed E-state index contributed by atoms with van der Waals surface area (Å²) in [6, 6.07) is 23.6. The van der Waals surface area contributed by atoms with Crippen LogP contribution < -0.4 is 10.9 Å². The minimum Gasteiger partial charge on any atom is -0.321 e. The number of nitrogens with zero attached hydrogens (tertiary/aromatic N) is 2. The largest absolute Gasteiger partial charge is 0.321 e. The predicted molar refractivity (Wildman–Crippen MR) is 106 cm³/mol. The van der Waals surface area contributed by atoms with E-state index in [-0.39, 0.29) is 17.2 Å². The molecule has 0 saturated heterocycles. The van der Waals surface area contributed by atoms with E-state index >= 15 is 0 Å². The van der Waals surface area contributed by atoms with Crippen molar-refractivity contribution in [2.24, 2.45) is 0 Å². The summed E-state index contributed by atoms with van der Waals surface area (Å²) in [6.45, 7) is 1.98. The van der Waals surface area contributed by atoms with Gasteiger partial charge in [0.15, 0.2) is 5.69 Å². The first kappa shape index (κ1) is 16.7. The van der Waals surface area contributed by atoms with Crippen molar-refractivity contribution in [1.82, 2.24) is 9.78 Å². The van der Waals surface area contributed by atoms with Crippen LogP contribution in [0.5, 0.6) is 0 Å². The molecule has 3 aromatic carbocycles. The number of rotatable bonds is 3. The van der Waals surface area contributed by atoms with Crippen molar-refractivity contribution >= 4 is 22.4 Å². The molecule has 1 heterocycles. The van der Waals surface area contributed by atoms with E-state index in [0.29, 0.717) is 22.1 Å². The van der Waals surface area contributed by atoms with Gasteiger partial charge in [-0.25, -0.2) is 0 Å². The maximum absolute atomic E-state index is 12.9. The maximum atomic E-state index is 12.9. The molecule has 0 spiro atoms. The van der Waals surface area contributed by atoms with Gasteiger partial charge in [-0.15, -0.1) is 0 Å². The molecule has 0 aliphatic carbocycles. The first-order chi connectivity index (χ1) is 13.1. The van der Waals surface area contributed by atoms with Crippen molar-refractivity contribution in [2.75, 3.05) is 5.32 Å². The van der Waals surface area contributed by atoms with Gasteiger partial charge >= 0.3 is 0 Å². The van der Waals surface area contributed by atoms with E-state index in [0.717, 1.165) is 5.56 Å². The van der Waals surface area contributed by atoms with Gasteiger partial charge in [0.1, 0.15) is 0 Å². The molecule has 0 saturated carbocycles. The molecule has 132 valence electrons. The topological polar surface area (TPSA) is 64.0 Å². The predicted octanol–water partition coefficient (Wildman–Crippen LogP) is 3.95. The highest BCUT2D eigenvalue weighted by Gasteiger charge is 2.17. The lowest BCUT2D eigenvalue weighted by Crippen LogP contribution is -2.26. The fraction of sp³-hybridized carbons (Fsp3) is 0.0455. The zero-order chi connectivity index (χ0) is 18.8. The summed E-state index contributed by atoms with van der Waals surface area (Å²) >= 11 is 0. The fourth-order valence-corrected chi connectivity index (χ4v) is 2.93. The van der Waals surface area contributed by atoms with Gasteiger partial charge in [-0.1, -0.05) is 54.1 Å². The number of carbonyl (C=O) groups excluding carboxylic acids is 1. The Morgan fingerprint density at radius 2 is 1.48 bits per heavy atom. The molecule has 5 heteroatoms. The number of hydrogen-bond acceptors (Lipinski definition) is 3. The number of benzene rings is 3. The summed E-state index contributed by atoms with van der Waals surface area (Å²) in [5.41, 5.74) is 2.33.